The maximum absolute atomic E-state index is 5.61. The van der Waals surface area contributed by atoms with Crippen molar-refractivity contribution in [2.45, 2.75) is 52.8 Å². The third-order valence-electron chi connectivity index (χ3n) is 2.77. The number of nitrogens with one attached hydrogen (secondary N) is 1. The first-order valence-electron chi connectivity index (χ1n) is 6.95. The average Bonchev–Trinajstić information content (AvgIpc) is 2.36. The van der Waals surface area contributed by atoms with Crippen molar-refractivity contribution < 1.29 is 9.47 Å². The highest BCUT2D eigenvalue weighted by atomic mass is 16.5. The molecule has 108 valence electrons. The van der Waals surface area contributed by atoms with Crippen LogP contribution in [0, 0.1) is 0 Å². The van der Waals surface area contributed by atoms with Crippen LogP contribution in [0.15, 0.2) is 18.2 Å². The lowest BCUT2D eigenvalue weighted by Crippen LogP contribution is -2.35. The van der Waals surface area contributed by atoms with E-state index in [-0.39, 0.29) is 5.54 Å². The van der Waals surface area contributed by atoms with Crippen LogP contribution in [0.3, 0.4) is 0 Å². The summed E-state index contributed by atoms with van der Waals surface area (Å²) < 4.78 is 11.0. The second-order valence-electron chi connectivity index (χ2n) is 5.80. The molecule has 0 spiro atoms. The van der Waals surface area contributed by atoms with Crippen LogP contribution >= 0.6 is 0 Å². The third-order valence-corrected chi connectivity index (χ3v) is 2.77. The molecule has 0 heterocycles. The molecule has 1 aromatic carbocycles. The van der Waals surface area contributed by atoms with Crippen molar-refractivity contribution in [3.63, 3.8) is 0 Å². The Kier molecular flexibility index (Phi) is 6.32. The van der Waals surface area contributed by atoms with Crippen molar-refractivity contribution in [2.24, 2.45) is 0 Å². The first kappa shape index (κ1) is 16.0. The lowest BCUT2D eigenvalue weighted by Gasteiger charge is -2.21. The zero-order chi connectivity index (χ0) is 14.3. The monoisotopic (exact) mass is 265 g/mol. The quantitative estimate of drug-likeness (QED) is 0.765. The molecule has 0 unspecified atom stereocenters. The van der Waals surface area contributed by atoms with Gasteiger partial charge in [0.2, 0.25) is 0 Å². The van der Waals surface area contributed by atoms with Crippen LogP contribution in [-0.2, 0) is 17.9 Å². The number of hydrogen-bond acceptors (Lipinski definition) is 3. The summed E-state index contributed by atoms with van der Waals surface area (Å²) in [7, 11) is 1.70. The van der Waals surface area contributed by atoms with Crippen LogP contribution in [0.2, 0.25) is 0 Å². The lowest BCUT2D eigenvalue weighted by molar-refractivity contribution is 0.119. The van der Waals surface area contributed by atoms with E-state index < -0.39 is 0 Å². The van der Waals surface area contributed by atoms with E-state index in [4.69, 9.17) is 9.47 Å². The molecule has 0 aliphatic carbocycles. The van der Waals surface area contributed by atoms with Gasteiger partial charge in [-0.05, 0) is 44.9 Å². The average molecular weight is 265 g/mol. The van der Waals surface area contributed by atoms with Crippen LogP contribution in [0.4, 0.5) is 0 Å². The maximum atomic E-state index is 5.61. The molecule has 0 atom stereocenters. The zero-order valence-electron chi connectivity index (χ0n) is 12.9. The Labute approximate surface area is 117 Å². The molecule has 0 amide bonds. The topological polar surface area (TPSA) is 30.5 Å². The SMILES string of the molecule is CCCOCc1cc(CNC(C)(C)C)ccc1OC. The van der Waals surface area contributed by atoms with E-state index in [1.807, 2.05) is 6.07 Å². The summed E-state index contributed by atoms with van der Waals surface area (Å²) in [6.07, 6.45) is 1.04. The molecule has 1 aromatic rings. The normalized spacial score (nSPS) is 11.6. The molecule has 0 saturated heterocycles. The molecule has 0 saturated carbocycles. The predicted molar refractivity (Wildman–Crippen MR) is 79.5 cm³/mol. The lowest BCUT2D eigenvalue weighted by atomic mass is 10.1. The van der Waals surface area contributed by atoms with Gasteiger partial charge < -0.3 is 14.8 Å². The summed E-state index contributed by atoms with van der Waals surface area (Å²) in [5.74, 6) is 0.899. The fourth-order valence-corrected chi connectivity index (χ4v) is 1.75. The standard InChI is InChI=1S/C16H27NO2/c1-6-9-19-12-14-10-13(7-8-15(14)18-5)11-17-16(2,3)4/h7-8,10,17H,6,9,11-12H2,1-5H3. The summed E-state index contributed by atoms with van der Waals surface area (Å²) in [6, 6.07) is 6.28. The number of hydrogen-bond donors (Lipinski definition) is 1. The van der Waals surface area contributed by atoms with Crippen molar-refractivity contribution in [3.05, 3.63) is 29.3 Å². The third kappa shape index (κ3) is 6.08. The minimum absolute atomic E-state index is 0.124. The highest BCUT2D eigenvalue weighted by molar-refractivity contribution is 5.37. The van der Waals surface area contributed by atoms with Gasteiger partial charge >= 0.3 is 0 Å². The van der Waals surface area contributed by atoms with E-state index >= 15 is 0 Å². The van der Waals surface area contributed by atoms with Crippen LogP contribution in [-0.4, -0.2) is 19.3 Å². The molecule has 3 heteroatoms. The minimum Gasteiger partial charge on any atom is -0.496 e. The Morgan fingerprint density at radius 3 is 2.53 bits per heavy atom. The van der Waals surface area contributed by atoms with E-state index in [1.165, 1.54) is 5.56 Å². The van der Waals surface area contributed by atoms with Crippen LogP contribution in [0.25, 0.3) is 0 Å². The van der Waals surface area contributed by atoms with Gasteiger partial charge in [0.05, 0.1) is 13.7 Å². The molecular weight excluding hydrogens is 238 g/mol. The number of methoxy groups -OCH3 is 1. The second-order valence-corrected chi connectivity index (χ2v) is 5.80. The molecule has 0 bridgehead atoms. The van der Waals surface area contributed by atoms with E-state index in [0.29, 0.717) is 6.61 Å². The highest BCUT2D eigenvalue weighted by Crippen LogP contribution is 2.21. The Morgan fingerprint density at radius 1 is 1.21 bits per heavy atom. The molecule has 0 aromatic heterocycles. The Bertz CT molecular complexity index is 383. The van der Waals surface area contributed by atoms with E-state index in [1.54, 1.807) is 7.11 Å². The molecule has 0 aliphatic rings. The number of ether oxygens (including phenoxy) is 2. The van der Waals surface area contributed by atoms with Gasteiger partial charge in [0.15, 0.2) is 0 Å². The number of rotatable bonds is 7. The fraction of sp³-hybridized carbons (Fsp3) is 0.625. The fourth-order valence-electron chi connectivity index (χ4n) is 1.75. The Hall–Kier alpha value is -1.06. The summed E-state index contributed by atoms with van der Waals surface area (Å²) in [5, 5.41) is 3.49. The molecule has 1 rings (SSSR count). The van der Waals surface area contributed by atoms with Crippen LogP contribution < -0.4 is 10.1 Å². The second kappa shape index (κ2) is 7.51. The Morgan fingerprint density at radius 2 is 1.95 bits per heavy atom. The van der Waals surface area contributed by atoms with E-state index in [9.17, 15) is 0 Å². The van der Waals surface area contributed by atoms with Crippen molar-refractivity contribution >= 4 is 0 Å². The maximum Gasteiger partial charge on any atom is 0.124 e. The predicted octanol–water partition coefficient (Wildman–Crippen LogP) is 3.51. The molecule has 0 fully saturated rings. The van der Waals surface area contributed by atoms with Crippen LogP contribution in [0.1, 0.15) is 45.2 Å². The van der Waals surface area contributed by atoms with E-state index in [0.717, 1.165) is 30.9 Å². The first-order chi connectivity index (χ1) is 8.96. The van der Waals surface area contributed by atoms with Gasteiger partial charge in [0, 0.05) is 24.3 Å². The number of benzene rings is 1. The Balaban J connectivity index is 2.71. The van der Waals surface area contributed by atoms with Crippen LogP contribution in [0.5, 0.6) is 5.75 Å². The largest absolute Gasteiger partial charge is 0.496 e. The van der Waals surface area contributed by atoms with E-state index in [2.05, 4.69) is 45.1 Å². The van der Waals surface area contributed by atoms with Gasteiger partial charge in [0.25, 0.3) is 0 Å². The molecular formula is C16H27NO2. The van der Waals surface area contributed by atoms with Gasteiger partial charge in [0.1, 0.15) is 5.75 Å². The summed E-state index contributed by atoms with van der Waals surface area (Å²) >= 11 is 0. The zero-order valence-corrected chi connectivity index (χ0v) is 12.9. The first-order valence-corrected chi connectivity index (χ1v) is 6.95. The van der Waals surface area contributed by atoms with Gasteiger partial charge in [-0.3, -0.25) is 0 Å². The molecule has 19 heavy (non-hydrogen) atoms. The summed E-state index contributed by atoms with van der Waals surface area (Å²) in [5.41, 5.74) is 2.49. The molecule has 0 aliphatic heterocycles. The molecule has 0 radical (unpaired) electrons. The highest BCUT2D eigenvalue weighted by Gasteiger charge is 2.10. The van der Waals surface area contributed by atoms with Gasteiger partial charge in [-0.2, -0.15) is 0 Å². The summed E-state index contributed by atoms with van der Waals surface area (Å²) in [6.45, 7) is 10.9. The molecule has 3 nitrogen and oxygen atoms in total. The van der Waals surface area contributed by atoms with Crippen molar-refractivity contribution in [3.8, 4) is 5.75 Å². The smallest absolute Gasteiger partial charge is 0.124 e. The minimum atomic E-state index is 0.124. The van der Waals surface area contributed by atoms with Crippen molar-refractivity contribution in [1.82, 2.24) is 5.32 Å². The van der Waals surface area contributed by atoms with Crippen molar-refractivity contribution in [2.75, 3.05) is 13.7 Å². The molecule has 1 N–H and O–H groups in total. The van der Waals surface area contributed by atoms with Gasteiger partial charge in [-0.15, -0.1) is 0 Å². The van der Waals surface area contributed by atoms with Crippen molar-refractivity contribution in [1.29, 1.82) is 0 Å². The summed E-state index contributed by atoms with van der Waals surface area (Å²) in [4.78, 5) is 0. The van der Waals surface area contributed by atoms with Gasteiger partial charge in [-0.1, -0.05) is 13.0 Å². The van der Waals surface area contributed by atoms with Gasteiger partial charge in [-0.25, -0.2) is 0 Å².